The molecule has 0 radical (unpaired) electrons. The lowest BCUT2D eigenvalue weighted by Gasteiger charge is -2.33. The molecular formula is C21H21NOS. The Morgan fingerprint density at radius 1 is 1.17 bits per heavy atom. The lowest BCUT2D eigenvalue weighted by atomic mass is 9.73. The second kappa shape index (κ2) is 4.82. The maximum Gasteiger partial charge on any atom is 0.126 e. The predicted molar refractivity (Wildman–Crippen MR) is 100 cm³/mol. The van der Waals surface area contributed by atoms with Crippen LogP contribution in [-0.4, -0.2) is 16.9 Å². The Kier molecular flexibility index (Phi) is 2.91. The number of aryl methyl sites for hydroxylation is 3. The maximum absolute atomic E-state index is 6.27. The lowest BCUT2D eigenvalue weighted by Crippen LogP contribution is -2.33. The SMILES string of the molecule is Cc1cc(C)c2c(c1)C1(CCSc3c1c1ccccc1n3C)CO2. The smallest absolute Gasteiger partial charge is 0.126 e. The number of aromatic nitrogens is 1. The third-order valence-corrected chi connectivity index (χ3v) is 6.86. The number of rotatable bonds is 0. The Morgan fingerprint density at radius 2 is 2.00 bits per heavy atom. The van der Waals surface area contributed by atoms with Crippen LogP contribution in [0.5, 0.6) is 5.75 Å². The van der Waals surface area contributed by atoms with Crippen molar-refractivity contribution < 1.29 is 4.74 Å². The monoisotopic (exact) mass is 335 g/mol. The zero-order valence-corrected chi connectivity index (χ0v) is 15.2. The van der Waals surface area contributed by atoms with Gasteiger partial charge in [-0.15, -0.1) is 11.8 Å². The third kappa shape index (κ3) is 1.68. The molecule has 0 bridgehead atoms. The Hall–Kier alpha value is -1.87. The standard InChI is InChI=1S/C21H21NOS/c1-13-10-14(2)19-16(11-13)21(12-23-19)8-9-24-20-18(21)15-6-4-5-7-17(15)22(20)3/h4-7,10-11H,8-9,12H2,1-3H3. The fourth-order valence-electron chi connectivity index (χ4n) is 4.64. The van der Waals surface area contributed by atoms with E-state index in [1.165, 1.54) is 38.2 Å². The van der Waals surface area contributed by atoms with Crippen molar-refractivity contribution in [1.82, 2.24) is 4.57 Å². The number of hydrogen-bond donors (Lipinski definition) is 0. The van der Waals surface area contributed by atoms with Crippen LogP contribution in [0.2, 0.25) is 0 Å². The molecule has 1 unspecified atom stereocenters. The van der Waals surface area contributed by atoms with Crippen molar-refractivity contribution >= 4 is 22.7 Å². The van der Waals surface area contributed by atoms with Gasteiger partial charge in [-0.2, -0.15) is 0 Å². The van der Waals surface area contributed by atoms with E-state index in [0.29, 0.717) is 0 Å². The minimum Gasteiger partial charge on any atom is -0.492 e. The first-order chi connectivity index (χ1) is 11.6. The highest BCUT2D eigenvalue weighted by Crippen LogP contribution is 2.55. The normalized spacial score (nSPS) is 21.8. The summed E-state index contributed by atoms with van der Waals surface area (Å²) in [6.45, 7) is 5.14. The summed E-state index contributed by atoms with van der Waals surface area (Å²) in [5, 5.41) is 2.80. The zero-order chi connectivity index (χ0) is 16.5. The van der Waals surface area contributed by atoms with E-state index in [1.54, 1.807) is 0 Å². The number of fused-ring (bicyclic) bond motifs is 6. The van der Waals surface area contributed by atoms with Gasteiger partial charge < -0.3 is 9.30 Å². The second-order valence-electron chi connectivity index (χ2n) is 7.18. The molecule has 2 aliphatic heterocycles. The van der Waals surface area contributed by atoms with Crippen molar-refractivity contribution in [2.75, 3.05) is 12.4 Å². The molecule has 0 fully saturated rings. The van der Waals surface area contributed by atoms with Crippen molar-refractivity contribution in [2.24, 2.45) is 7.05 Å². The van der Waals surface area contributed by atoms with E-state index >= 15 is 0 Å². The second-order valence-corrected chi connectivity index (χ2v) is 8.27. The van der Waals surface area contributed by atoms with Crippen LogP contribution in [0.15, 0.2) is 41.4 Å². The van der Waals surface area contributed by atoms with Crippen LogP contribution in [0, 0.1) is 13.8 Å². The molecule has 0 amide bonds. The van der Waals surface area contributed by atoms with Gasteiger partial charge in [0, 0.05) is 34.8 Å². The van der Waals surface area contributed by atoms with E-state index in [-0.39, 0.29) is 5.41 Å². The first-order valence-electron chi connectivity index (χ1n) is 8.57. The summed E-state index contributed by atoms with van der Waals surface area (Å²) in [4.78, 5) is 0. The number of nitrogens with zero attached hydrogens (tertiary/aromatic N) is 1. The summed E-state index contributed by atoms with van der Waals surface area (Å²) in [6.07, 6.45) is 1.15. The molecule has 0 N–H and O–H groups in total. The first-order valence-corrected chi connectivity index (χ1v) is 9.55. The Bertz CT molecular complexity index is 987. The molecule has 1 spiro atoms. The predicted octanol–water partition coefficient (Wildman–Crippen LogP) is 4.97. The van der Waals surface area contributed by atoms with Crippen molar-refractivity contribution in [3.05, 3.63) is 58.7 Å². The molecule has 0 aliphatic carbocycles. The number of hydrogen-bond acceptors (Lipinski definition) is 2. The topological polar surface area (TPSA) is 14.2 Å². The summed E-state index contributed by atoms with van der Waals surface area (Å²) in [5.74, 6) is 2.26. The highest BCUT2D eigenvalue weighted by atomic mass is 32.2. The molecule has 2 aliphatic rings. The minimum absolute atomic E-state index is 0.00750. The van der Waals surface area contributed by atoms with Crippen LogP contribution < -0.4 is 4.74 Å². The molecule has 3 heterocycles. The number of benzene rings is 2. The Balaban J connectivity index is 1.89. The summed E-state index contributed by atoms with van der Waals surface area (Å²) < 4.78 is 8.65. The van der Waals surface area contributed by atoms with Crippen LogP contribution in [0.3, 0.4) is 0 Å². The van der Waals surface area contributed by atoms with Gasteiger partial charge in [-0.25, -0.2) is 0 Å². The van der Waals surface area contributed by atoms with Crippen molar-refractivity contribution in [2.45, 2.75) is 30.7 Å². The van der Waals surface area contributed by atoms with E-state index in [0.717, 1.165) is 24.5 Å². The largest absolute Gasteiger partial charge is 0.492 e. The van der Waals surface area contributed by atoms with Crippen molar-refractivity contribution in [3.63, 3.8) is 0 Å². The van der Waals surface area contributed by atoms with Gasteiger partial charge in [0.1, 0.15) is 12.4 Å². The van der Waals surface area contributed by atoms with Gasteiger partial charge in [0.2, 0.25) is 0 Å². The van der Waals surface area contributed by atoms with Crippen LogP contribution in [-0.2, 0) is 12.5 Å². The summed E-state index contributed by atoms with van der Waals surface area (Å²) in [5.41, 5.74) is 6.82. The van der Waals surface area contributed by atoms with E-state index in [2.05, 4.69) is 61.9 Å². The zero-order valence-electron chi connectivity index (χ0n) is 14.3. The molecule has 1 atom stereocenters. The number of thioether (sulfide) groups is 1. The molecule has 3 heteroatoms. The van der Waals surface area contributed by atoms with Crippen LogP contribution in [0.25, 0.3) is 10.9 Å². The molecule has 0 saturated heterocycles. The molecule has 1 aromatic heterocycles. The van der Waals surface area contributed by atoms with Crippen LogP contribution in [0.1, 0.15) is 28.7 Å². The average molecular weight is 335 g/mol. The fourth-order valence-corrected chi connectivity index (χ4v) is 6.02. The van der Waals surface area contributed by atoms with Gasteiger partial charge >= 0.3 is 0 Å². The quantitative estimate of drug-likeness (QED) is 0.576. The van der Waals surface area contributed by atoms with Crippen LogP contribution in [0.4, 0.5) is 0 Å². The number of para-hydroxylation sites is 1. The molecule has 122 valence electrons. The first kappa shape index (κ1) is 14.5. The van der Waals surface area contributed by atoms with E-state index in [9.17, 15) is 0 Å². The average Bonchev–Trinajstić information content (AvgIpc) is 3.07. The van der Waals surface area contributed by atoms with Gasteiger partial charge in [0.05, 0.1) is 10.4 Å². The molecular weight excluding hydrogens is 314 g/mol. The Morgan fingerprint density at radius 3 is 2.88 bits per heavy atom. The third-order valence-electron chi connectivity index (χ3n) is 5.70. The molecule has 2 nitrogen and oxygen atoms in total. The van der Waals surface area contributed by atoms with Gasteiger partial charge in [0.25, 0.3) is 0 Å². The number of ether oxygens (including phenoxy) is 1. The molecule has 5 rings (SSSR count). The lowest BCUT2D eigenvalue weighted by molar-refractivity contribution is 0.283. The van der Waals surface area contributed by atoms with Crippen molar-refractivity contribution in [1.29, 1.82) is 0 Å². The highest BCUT2D eigenvalue weighted by molar-refractivity contribution is 7.99. The van der Waals surface area contributed by atoms with E-state index < -0.39 is 0 Å². The Labute approximate surface area is 146 Å². The highest BCUT2D eigenvalue weighted by Gasteiger charge is 2.48. The summed E-state index contributed by atoms with van der Waals surface area (Å²) >= 11 is 1.99. The molecule has 2 aromatic carbocycles. The van der Waals surface area contributed by atoms with Gasteiger partial charge in [-0.05, 0) is 31.9 Å². The van der Waals surface area contributed by atoms with Crippen LogP contribution >= 0.6 is 11.8 Å². The van der Waals surface area contributed by atoms with E-state index in [4.69, 9.17) is 4.74 Å². The fraction of sp³-hybridized carbons (Fsp3) is 0.333. The van der Waals surface area contributed by atoms with Gasteiger partial charge in [-0.1, -0.05) is 35.9 Å². The van der Waals surface area contributed by atoms with E-state index in [1.807, 2.05) is 11.8 Å². The molecule has 24 heavy (non-hydrogen) atoms. The summed E-state index contributed by atoms with van der Waals surface area (Å²) in [6, 6.07) is 13.4. The minimum atomic E-state index is 0.00750. The maximum atomic E-state index is 6.27. The van der Waals surface area contributed by atoms with Gasteiger partial charge in [-0.3, -0.25) is 0 Å². The summed E-state index contributed by atoms with van der Waals surface area (Å²) in [7, 11) is 2.20. The van der Waals surface area contributed by atoms with Gasteiger partial charge in [0.15, 0.2) is 0 Å². The van der Waals surface area contributed by atoms with Crippen molar-refractivity contribution in [3.8, 4) is 5.75 Å². The molecule has 3 aromatic rings. The molecule has 0 saturated carbocycles.